The molecular formula is C19H24N2O4. The molecule has 1 aromatic carbocycles. The van der Waals surface area contributed by atoms with Gasteiger partial charge in [0.2, 0.25) is 5.91 Å². The van der Waals surface area contributed by atoms with Crippen molar-refractivity contribution in [3.8, 4) is 0 Å². The average molecular weight is 344 g/mol. The normalized spacial score (nSPS) is 17.5. The molecule has 2 heterocycles. The summed E-state index contributed by atoms with van der Waals surface area (Å²) in [6, 6.07) is 5.87. The first-order valence-electron chi connectivity index (χ1n) is 8.54. The Hall–Kier alpha value is -2.34. The summed E-state index contributed by atoms with van der Waals surface area (Å²) in [7, 11) is 1.62. The van der Waals surface area contributed by atoms with Gasteiger partial charge in [-0.2, -0.15) is 0 Å². The van der Waals surface area contributed by atoms with Crippen molar-refractivity contribution in [2.24, 2.45) is 5.92 Å². The molecule has 6 heteroatoms. The topological polar surface area (TPSA) is 71.8 Å². The van der Waals surface area contributed by atoms with Crippen LogP contribution in [0.15, 0.2) is 22.6 Å². The molecule has 6 nitrogen and oxygen atoms in total. The molecule has 134 valence electrons. The zero-order valence-electron chi connectivity index (χ0n) is 14.9. The lowest BCUT2D eigenvalue weighted by molar-refractivity contribution is -0.128. The quantitative estimate of drug-likeness (QED) is 0.873. The van der Waals surface area contributed by atoms with Crippen LogP contribution in [0.5, 0.6) is 0 Å². The van der Waals surface area contributed by atoms with E-state index in [4.69, 9.17) is 9.15 Å². The fourth-order valence-electron chi connectivity index (χ4n) is 3.28. The fourth-order valence-corrected chi connectivity index (χ4v) is 3.28. The van der Waals surface area contributed by atoms with Crippen LogP contribution < -0.4 is 5.32 Å². The minimum Gasteiger partial charge on any atom is -0.451 e. The van der Waals surface area contributed by atoms with Crippen LogP contribution in [0.25, 0.3) is 11.0 Å². The maximum atomic E-state index is 12.5. The zero-order chi connectivity index (χ0) is 18.0. The first kappa shape index (κ1) is 17.5. The standard InChI is InChI=1S/C19H24N2O4/c1-12-4-5-16-15(8-12)13(2)18(25-16)19(23)20-10-14-9-17(22)21(11-14)6-7-24-3/h4-5,8,14H,6-7,9-11H2,1-3H3,(H,20,23)/t14-/m1/s1. The van der Waals surface area contributed by atoms with Crippen molar-refractivity contribution < 1.29 is 18.7 Å². The second kappa shape index (κ2) is 7.27. The number of fused-ring (bicyclic) bond motifs is 1. The van der Waals surface area contributed by atoms with Crippen molar-refractivity contribution in [3.63, 3.8) is 0 Å². The number of nitrogens with one attached hydrogen (secondary N) is 1. The highest BCUT2D eigenvalue weighted by atomic mass is 16.5. The number of likely N-dealkylation sites (tertiary alicyclic amines) is 1. The SMILES string of the molecule is COCCN1C[C@@H](CNC(=O)c2oc3ccc(C)cc3c2C)CC1=O. The van der Waals surface area contributed by atoms with Crippen LogP contribution in [0, 0.1) is 19.8 Å². The summed E-state index contributed by atoms with van der Waals surface area (Å²) < 4.78 is 10.7. The van der Waals surface area contributed by atoms with Crippen LogP contribution in [0.1, 0.15) is 28.1 Å². The highest BCUT2D eigenvalue weighted by Gasteiger charge is 2.29. The Morgan fingerprint density at radius 3 is 2.96 bits per heavy atom. The maximum absolute atomic E-state index is 12.5. The molecule has 1 N–H and O–H groups in total. The van der Waals surface area contributed by atoms with E-state index in [1.807, 2.05) is 32.0 Å². The summed E-state index contributed by atoms with van der Waals surface area (Å²) in [6.45, 7) is 6.15. The zero-order valence-corrected chi connectivity index (χ0v) is 14.9. The van der Waals surface area contributed by atoms with Gasteiger partial charge < -0.3 is 19.4 Å². The monoisotopic (exact) mass is 344 g/mol. The van der Waals surface area contributed by atoms with Gasteiger partial charge in [-0.25, -0.2) is 0 Å². The number of carbonyl (C=O) groups excluding carboxylic acids is 2. The van der Waals surface area contributed by atoms with Crippen LogP contribution in [0.2, 0.25) is 0 Å². The van der Waals surface area contributed by atoms with Gasteiger partial charge in [0.15, 0.2) is 5.76 Å². The number of rotatable bonds is 6. The van der Waals surface area contributed by atoms with E-state index in [0.717, 1.165) is 22.1 Å². The molecular weight excluding hydrogens is 320 g/mol. The Balaban J connectivity index is 1.62. The number of hydrogen-bond donors (Lipinski definition) is 1. The molecule has 1 saturated heterocycles. The molecule has 1 atom stereocenters. The smallest absolute Gasteiger partial charge is 0.287 e. The van der Waals surface area contributed by atoms with Crippen molar-refractivity contribution in [1.82, 2.24) is 10.2 Å². The molecule has 1 aromatic heterocycles. The largest absolute Gasteiger partial charge is 0.451 e. The molecule has 0 radical (unpaired) electrons. The molecule has 1 fully saturated rings. The molecule has 2 aromatic rings. The first-order chi connectivity index (χ1) is 12.0. The van der Waals surface area contributed by atoms with E-state index in [0.29, 0.717) is 38.4 Å². The molecule has 3 rings (SSSR count). The predicted octanol–water partition coefficient (Wildman–Crippen LogP) is 2.27. The van der Waals surface area contributed by atoms with E-state index in [1.54, 1.807) is 12.0 Å². The molecule has 0 bridgehead atoms. The molecule has 0 unspecified atom stereocenters. The molecule has 1 aliphatic rings. The number of aryl methyl sites for hydroxylation is 2. The number of hydrogen-bond acceptors (Lipinski definition) is 4. The van der Waals surface area contributed by atoms with Crippen molar-refractivity contribution in [2.75, 3.05) is 33.4 Å². The summed E-state index contributed by atoms with van der Waals surface area (Å²) in [4.78, 5) is 26.2. The number of amides is 2. The fraction of sp³-hybridized carbons (Fsp3) is 0.474. The number of methoxy groups -OCH3 is 1. The van der Waals surface area contributed by atoms with E-state index in [9.17, 15) is 9.59 Å². The minimum atomic E-state index is -0.228. The van der Waals surface area contributed by atoms with Gasteiger partial charge in [0.05, 0.1) is 6.61 Å². The van der Waals surface area contributed by atoms with Crippen molar-refractivity contribution in [2.45, 2.75) is 20.3 Å². The Morgan fingerprint density at radius 2 is 2.20 bits per heavy atom. The van der Waals surface area contributed by atoms with Crippen molar-refractivity contribution >= 4 is 22.8 Å². The van der Waals surface area contributed by atoms with Gasteiger partial charge in [0.1, 0.15) is 5.58 Å². The molecule has 0 spiro atoms. The number of nitrogens with zero attached hydrogens (tertiary/aromatic N) is 1. The van der Waals surface area contributed by atoms with E-state index in [-0.39, 0.29) is 17.7 Å². The van der Waals surface area contributed by atoms with Crippen LogP contribution in [-0.2, 0) is 9.53 Å². The van der Waals surface area contributed by atoms with E-state index < -0.39 is 0 Å². The van der Waals surface area contributed by atoms with Crippen molar-refractivity contribution in [3.05, 3.63) is 35.1 Å². The Kier molecular flexibility index (Phi) is 5.08. The Labute approximate surface area is 147 Å². The van der Waals surface area contributed by atoms with Gasteiger partial charge in [0, 0.05) is 50.0 Å². The van der Waals surface area contributed by atoms with Crippen LogP contribution in [-0.4, -0.2) is 50.1 Å². The van der Waals surface area contributed by atoms with E-state index >= 15 is 0 Å². The lowest BCUT2D eigenvalue weighted by Gasteiger charge is -2.16. The van der Waals surface area contributed by atoms with Crippen LogP contribution in [0.3, 0.4) is 0 Å². The van der Waals surface area contributed by atoms with Gasteiger partial charge in [-0.05, 0) is 26.0 Å². The summed E-state index contributed by atoms with van der Waals surface area (Å²) in [5.74, 6) is 0.363. The van der Waals surface area contributed by atoms with E-state index in [1.165, 1.54) is 0 Å². The summed E-state index contributed by atoms with van der Waals surface area (Å²) in [5.41, 5.74) is 2.69. The summed E-state index contributed by atoms with van der Waals surface area (Å²) in [5, 5.41) is 3.88. The number of furan rings is 1. The lowest BCUT2D eigenvalue weighted by Crippen LogP contribution is -2.32. The minimum absolute atomic E-state index is 0.117. The van der Waals surface area contributed by atoms with Gasteiger partial charge >= 0.3 is 0 Å². The first-order valence-corrected chi connectivity index (χ1v) is 8.54. The van der Waals surface area contributed by atoms with E-state index in [2.05, 4.69) is 5.32 Å². The van der Waals surface area contributed by atoms with Gasteiger partial charge in [-0.15, -0.1) is 0 Å². The Morgan fingerprint density at radius 1 is 1.40 bits per heavy atom. The Bertz CT molecular complexity index is 796. The molecule has 2 amide bonds. The highest BCUT2D eigenvalue weighted by molar-refractivity contribution is 5.99. The molecule has 1 aliphatic heterocycles. The number of carbonyl (C=O) groups is 2. The van der Waals surface area contributed by atoms with Gasteiger partial charge in [-0.3, -0.25) is 9.59 Å². The van der Waals surface area contributed by atoms with Gasteiger partial charge in [0.25, 0.3) is 5.91 Å². The summed E-state index contributed by atoms with van der Waals surface area (Å²) >= 11 is 0. The third-order valence-corrected chi connectivity index (χ3v) is 4.71. The third kappa shape index (κ3) is 3.69. The molecule has 25 heavy (non-hydrogen) atoms. The predicted molar refractivity (Wildman–Crippen MR) is 94.6 cm³/mol. The third-order valence-electron chi connectivity index (χ3n) is 4.71. The van der Waals surface area contributed by atoms with Gasteiger partial charge in [-0.1, -0.05) is 11.6 Å². The van der Waals surface area contributed by atoms with Crippen LogP contribution in [0.4, 0.5) is 0 Å². The molecule has 0 saturated carbocycles. The highest BCUT2D eigenvalue weighted by Crippen LogP contribution is 2.26. The number of ether oxygens (including phenoxy) is 1. The van der Waals surface area contributed by atoms with Crippen molar-refractivity contribution in [1.29, 1.82) is 0 Å². The molecule has 0 aliphatic carbocycles. The number of benzene rings is 1. The van der Waals surface area contributed by atoms with Crippen LogP contribution >= 0.6 is 0 Å². The maximum Gasteiger partial charge on any atom is 0.287 e. The average Bonchev–Trinajstić information content (AvgIpc) is 3.11. The second-order valence-electron chi connectivity index (χ2n) is 6.67. The summed E-state index contributed by atoms with van der Waals surface area (Å²) in [6.07, 6.45) is 0.461. The second-order valence-corrected chi connectivity index (χ2v) is 6.67. The lowest BCUT2D eigenvalue weighted by atomic mass is 10.1.